The third-order valence-electron chi connectivity index (χ3n) is 4.26. The average molecular weight is 417 g/mol. The quantitative estimate of drug-likeness (QED) is 0.568. The maximum Gasteiger partial charge on any atom is 0.225 e. The number of nitrogens with one attached hydrogen (secondary N) is 1. The topological polar surface area (TPSA) is 129 Å². The number of anilines is 2. The van der Waals surface area contributed by atoms with Crippen LogP contribution in [0.1, 0.15) is 28.7 Å². The van der Waals surface area contributed by atoms with Gasteiger partial charge in [-0.1, -0.05) is 6.07 Å². The Balaban J connectivity index is 1.76. The first kappa shape index (κ1) is 21.0. The molecule has 8 heteroatoms. The second-order valence-corrected chi connectivity index (χ2v) is 7.73. The van der Waals surface area contributed by atoms with Gasteiger partial charge in [0.25, 0.3) is 0 Å². The number of hydrogen-bond acceptors (Lipinski definition) is 7. The molecule has 150 valence electrons. The molecule has 3 rings (SSSR count). The number of rotatable bonds is 6. The molecule has 30 heavy (non-hydrogen) atoms. The van der Waals surface area contributed by atoms with Crippen molar-refractivity contribution in [2.24, 2.45) is 0 Å². The van der Waals surface area contributed by atoms with Crippen LogP contribution in [0.2, 0.25) is 0 Å². The van der Waals surface area contributed by atoms with E-state index >= 15 is 0 Å². The monoisotopic (exact) mass is 417 g/mol. The molecule has 0 bridgehead atoms. The SMILES string of the molecule is Cc1cc(C)cc(NC(=O)CCSc2nc(N)c(C#N)c(-c3ccco3)c2C#N)c1. The van der Waals surface area contributed by atoms with Gasteiger partial charge in [-0.25, -0.2) is 4.98 Å². The number of benzene rings is 1. The number of aromatic nitrogens is 1. The van der Waals surface area contributed by atoms with Gasteiger partial charge < -0.3 is 15.5 Å². The van der Waals surface area contributed by atoms with Gasteiger partial charge in [-0.15, -0.1) is 11.8 Å². The predicted molar refractivity (Wildman–Crippen MR) is 116 cm³/mol. The summed E-state index contributed by atoms with van der Waals surface area (Å²) in [4.78, 5) is 16.5. The van der Waals surface area contributed by atoms with E-state index in [1.54, 1.807) is 12.1 Å². The van der Waals surface area contributed by atoms with Crippen LogP contribution in [0.5, 0.6) is 0 Å². The van der Waals surface area contributed by atoms with Crippen LogP contribution in [0, 0.1) is 36.5 Å². The van der Waals surface area contributed by atoms with Crippen molar-refractivity contribution in [1.29, 1.82) is 10.5 Å². The molecular weight excluding hydrogens is 398 g/mol. The van der Waals surface area contributed by atoms with Gasteiger partial charge in [-0.05, 0) is 49.2 Å². The molecule has 0 saturated carbocycles. The molecule has 0 atom stereocenters. The van der Waals surface area contributed by atoms with E-state index in [1.165, 1.54) is 18.0 Å². The van der Waals surface area contributed by atoms with Crippen molar-refractivity contribution in [2.75, 3.05) is 16.8 Å². The van der Waals surface area contributed by atoms with E-state index < -0.39 is 0 Å². The fourth-order valence-electron chi connectivity index (χ4n) is 3.08. The number of carbonyl (C=O) groups excluding carboxylic acids is 1. The van der Waals surface area contributed by atoms with Gasteiger partial charge >= 0.3 is 0 Å². The van der Waals surface area contributed by atoms with Gasteiger partial charge in [0.2, 0.25) is 5.91 Å². The molecule has 0 aliphatic carbocycles. The molecule has 0 aliphatic rings. The maximum atomic E-state index is 12.3. The Hall–Kier alpha value is -3.75. The summed E-state index contributed by atoms with van der Waals surface area (Å²) in [5, 5.41) is 22.4. The van der Waals surface area contributed by atoms with Crippen molar-refractivity contribution < 1.29 is 9.21 Å². The third kappa shape index (κ3) is 4.62. The minimum absolute atomic E-state index is 0.0186. The number of furan rings is 1. The maximum absolute atomic E-state index is 12.3. The van der Waals surface area contributed by atoms with Crippen LogP contribution in [-0.4, -0.2) is 16.6 Å². The second kappa shape index (κ2) is 9.17. The zero-order valence-electron chi connectivity index (χ0n) is 16.5. The lowest BCUT2D eigenvalue weighted by molar-refractivity contribution is -0.115. The number of nitriles is 2. The van der Waals surface area contributed by atoms with E-state index in [0.717, 1.165) is 16.8 Å². The largest absolute Gasteiger partial charge is 0.464 e. The molecule has 0 unspecified atom stereocenters. The standard InChI is InChI=1S/C22H19N5O2S/c1-13-8-14(2)10-15(9-13)26-19(28)5-7-30-22-17(12-24)20(18-4-3-6-29-18)16(11-23)21(25)27-22/h3-4,6,8-10H,5,7H2,1-2H3,(H2,25,27)(H,26,28). The molecule has 0 fully saturated rings. The summed E-state index contributed by atoms with van der Waals surface area (Å²) in [6, 6.07) is 13.3. The summed E-state index contributed by atoms with van der Waals surface area (Å²) >= 11 is 1.24. The van der Waals surface area contributed by atoms with Gasteiger partial charge in [0.05, 0.1) is 17.4 Å². The first-order chi connectivity index (χ1) is 14.4. The van der Waals surface area contributed by atoms with Crippen LogP contribution in [0.4, 0.5) is 11.5 Å². The van der Waals surface area contributed by atoms with E-state index in [1.807, 2.05) is 38.1 Å². The molecule has 3 N–H and O–H groups in total. The Labute approximate surface area is 178 Å². The summed E-state index contributed by atoms with van der Waals surface area (Å²) in [5.41, 5.74) is 9.46. The Morgan fingerprint density at radius 3 is 2.50 bits per heavy atom. The van der Waals surface area contributed by atoms with Crippen molar-refractivity contribution in [1.82, 2.24) is 4.98 Å². The molecule has 0 aliphatic heterocycles. The first-order valence-corrected chi connectivity index (χ1v) is 10.1. The number of thioether (sulfide) groups is 1. The zero-order chi connectivity index (χ0) is 21.7. The molecule has 1 aromatic carbocycles. The minimum Gasteiger partial charge on any atom is -0.464 e. The van der Waals surface area contributed by atoms with Crippen molar-refractivity contribution in [3.63, 3.8) is 0 Å². The highest BCUT2D eigenvalue weighted by molar-refractivity contribution is 7.99. The molecule has 0 radical (unpaired) electrons. The van der Waals surface area contributed by atoms with Gasteiger partial charge in [0, 0.05) is 17.9 Å². The third-order valence-corrected chi connectivity index (χ3v) is 5.23. The fourth-order valence-corrected chi connectivity index (χ4v) is 4.02. The fraction of sp³-hybridized carbons (Fsp3) is 0.182. The van der Waals surface area contributed by atoms with Gasteiger partial charge in [-0.3, -0.25) is 4.79 Å². The number of nitrogens with zero attached hydrogens (tertiary/aromatic N) is 3. The second-order valence-electron chi connectivity index (χ2n) is 6.65. The van der Waals surface area contributed by atoms with Crippen LogP contribution < -0.4 is 11.1 Å². The normalized spacial score (nSPS) is 10.3. The molecule has 0 saturated heterocycles. The molecule has 7 nitrogen and oxygen atoms in total. The summed E-state index contributed by atoms with van der Waals surface area (Å²) in [6.07, 6.45) is 1.68. The number of amides is 1. The van der Waals surface area contributed by atoms with Crippen molar-refractivity contribution in [3.8, 4) is 23.5 Å². The summed E-state index contributed by atoms with van der Waals surface area (Å²) in [5.74, 6) is 0.636. The molecular formula is C22H19N5O2S. The van der Waals surface area contributed by atoms with Crippen LogP contribution in [-0.2, 0) is 4.79 Å². The highest BCUT2D eigenvalue weighted by Crippen LogP contribution is 2.35. The van der Waals surface area contributed by atoms with Crippen LogP contribution in [0.25, 0.3) is 11.3 Å². The molecule has 2 aromatic heterocycles. The number of nitrogens with two attached hydrogens (primary N) is 1. The Bertz CT molecular complexity index is 1150. The highest BCUT2D eigenvalue weighted by Gasteiger charge is 2.22. The van der Waals surface area contributed by atoms with E-state index in [0.29, 0.717) is 22.1 Å². The number of hydrogen-bond donors (Lipinski definition) is 2. The smallest absolute Gasteiger partial charge is 0.225 e. The van der Waals surface area contributed by atoms with E-state index in [-0.39, 0.29) is 29.3 Å². The summed E-state index contributed by atoms with van der Waals surface area (Å²) in [7, 11) is 0. The number of aryl methyl sites for hydroxylation is 2. The number of nitrogen functional groups attached to an aromatic ring is 1. The molecule has 0 spiro atoms. The lowest BCUT2D eigenvalue weighted by Gasteiger charge is -2.11. The number of pyridine rings is 1. The van der Waals surface area contributed by atoms with Crippen molar-refractivity contribution in [3.05, 3.63) is 58.8 Å². The lowest BCUT2D eigenvalue weighted by Crippen LogP contribution is -2.12. The first-order valence-electron chi connectivity index (χ1n) is 9.11. The Morgan fingerprint density at radius 1 is 1.20 bits per heavy atom. The number of carbonyl (C=O) groups is 1. The summed E-state index contributed by atoms with van der Waals surface area (Å²) in [6.45, 7) is 3.94. The Kier molecular flexibility index (Phi) is 6.41. The van der Waals surface area contributed by atoms with Gasteiger partial charge in [-0.2, -0.15) is 10.5 Å². The van der Waals surface area contributed by atoms with Crippen molar-refractivity contribution in [2.45, 2.75) is 25.3 Å². The van der Waals surface area contributed by atoms with E-state index in [4.69, 9.17) is 10.2 Å². The average Bonchev–Trinajstić information content (AvgIpc) is 3.21. The zero-order valence-corrected chi connectivity index (χ0v) is 17.3. The molecule has 2 heterocycles. The minimum atomic E-state index is -0.140. The molecule has 1 amide bonds. The Morgan fingerprint density at radius 2 is 1.90 bits per heavy atom. The van der Waals surface area contributed by atoms with Crippen molar-refractivity contribution >= 4 is 29.2 Å². The van der Waals surface area contributed by atoms with Crippen LogP contribution in [0.3, 0.4) is 0 Å². The van der Waals surface area contributed by atoms with Crippen LogP contribution in [0.15, 0.2) is 46.0 Å². The highest BCUT2D eigenvalue weighted by atomic mass is 32.2. The van der Waals surface area contributed by atoms with Gasteiger partial charge in [0.1, 0.15) is 34.3 Å². The van der Waals surface area contributed by atoms with Crippen LogP contribution >= 0.6 is 11.8 Å². The predicted octanol–water partition coefficient (Wildman–Crippen LogP) is 4.40. The van der Waals surface area contributed by atoms with E-state index in [9.17, 15) is 15.3 Å². The van der Waals surface area contributed by atoms with E-state index in [2.05, 4.69) is 16.4 Å². The van der Waals surface area contributed by atoms with Gasteiger partial charge in [0.15, 0.2) is 0 Å². The lowest BCUT2D eigenvalue weighted by atomic mass is 10.0. The molecule has 3 aromatic rings. The summed E-state index contributed by atoms with van der Waals surface area (Å²) < 4.78 is 5.38.